The molecule has 0 spiro atoms. The predicted octanol–water partition coefficient (Wildman–Crippen LogP) is -0.150. The van der Waals surface area contributed by atoms with E-state index in [2.05, 4.69) is 32.4 Å². The smallest absolute Gasteiger partial charge is 0.351 e. The van der Waals surface area contributed by atoms with Gasteiger partial charge in [-0.1, -0.05) is 27.4 Å². The van der Waals surface area contributed by atoms with Crippen LogP contribution < -0.4 is 11.4 Å². The van der Waals surface area contributed by atoms with Crippen LogP contribution in [0.1, 0.15) is 6.23 Å². The van der Waals surface area contributed by atoms with Crippen LogP contribution in [0.2, 0.25) is 0 Å². The Morgan fingerprint density at radius 3 is 3.00 bits per heavy atom. The molecule has 18 heavy (non-hydrogen) atoms. The van der Waals surface area contributed by atoms with Gasteiger partial charge in [0.2, 0.25) is 6.23 Å². The molecular weight excluding hydrogens is 351 g/mol. The molecule has 1 saturated heterocycles. The van der Waals surface area contributed by atoms with E-state index in [1.165, 1.54) is 16.8 Å². The van der Waals surface area contributed by atoms with Gasteiger partial charge >= 0.3 is 11.7 Å². The highest BCUT2D eigenvalue weighted by Crippen LogP contribution is 2.31. The van der Waals surface area contributed by atoms with E-state index in [0.29, 0.717) is 4.43 Å². The van der Waals surface area contributed by atoms with Gasteiger partial charge in [0.15, 0.2) is 6.10 Å². The highest BCUT2D eigenvalue weighted by Gasteiger charge is 2.51. The average molecular weight is 363 g/mol. The van der Waals surface area contributed by atoms with E-state index < -0.39 is 30.2 Å². The maximum atomic E-state index is 11.7. The summed E-state index contributed by atoms with van der Waals surface area (Å²) in [5, 5.41) is 9.96. The average Bonchev–Trinajstić information content (AvgIpc) is 2.65. The first-order chi connectivity index (χ1) is 8.58. The lowest BCUT2D eigenvalue weighted by molar-refractivity contribution is -0.00645. The number of alkyl halides is 1. The zero-order valence-corrected chi connectivity index (χ0v) is 11.5. The monoisotopic (exact) mass is 363 g/mol. The maximum Gasteiger partial charge on any atom is 0.351 e. The maximum absolute atomic E-state index is 11.7. The fourth-order valence-corrected chi connectivity index (χ4v) is 2.60. The summed E-state index contributed by atoms with van der Waals surface area (Å²) in [6.07, 6.45) is -0.570. The van der Waals surface area contributed by atoms with Crippen LogP contribution in [0.3, 0.4) is 0 Å². The Bertz CT molecular complexity index is 541. The number of rotatable bonds is 2. The molecule has 0 saturated carbocycles. The molecule has 1 aromatic rings. The minimum atomic E-state index is -0.846. The van der Waals surface area contributed by atoms with Crippen LogP contribution in [0.25, 0.3) is 4.85 Å². The highest BCUT2D eigenvalue weighted by atomic mass is 127. The van der Waals surface area contributed by atoms with E-state index in [4.69, 9.17) is 17.0 Å². The zero-order valence-electron chi connectivity index (χ0n) is 9.31. The quantitative estimate of drug-likeness (QED) is 0.563. The van der Waals surface area contributed by atoms with Gasteiger partial charge in [-0.25, -0.2) is 4.79 Å². The number of nitrogens with zero attached hydrogens (tertiary/aromatic N) is 3. The number of nitrogen functional groups attached to an aromatic ring is 1. The molecule has 96 valence electrons. The predicted molar refractivity (Wildman–Crippen MR) is 73.8 cm³/mol. The standard InChI is InChI=1S/C10H11IN4O3/c1-13-7-8(16)5(4-11)18-9(7)15-3-2-6(12)14-10(15)17/h1-3,5,7-9,16H,4H2,(H-,12,14,17)/p+1/t5-,7?,8?,9-/m1/s1. The Kier molecular flexibility index (Phi) is 3.84. The number of aliphatic hydroxyl groups is 1. The minimum Gasteiger partial charge on any atom is -0.383 e. The number of hydrogen-bond donors (Lipinski definition) is 2. The van der Waals surface area contributed by atoms with E-state index in [1.807, 2.05) is 0 Å². The molecule has 4 atom stereocenters. The third-order valence-corrected chi connectivity index (χ3v) is 3.66. The summed E-state index contributed by atoms with van der Waals surface area (Å²) in [5.74, 6) is 0.126. The van der Waals surface area contributed by atoms with Gasteiger partial charge in [-0.2, -0.15) is 4.98 Å². The van der Waals surface area contributed by atoms with Crippen LogP contribution in [0.5, 0.6) is 0 Å². The number of aliphatic hydroxyl groups excluding tert-OH is 1. The van der Waals surface area contributed by atoms with Crippen LogP contribution in [-0.2, 0) is 4.74 Å². The van der Waals surface area contributed by atoms with Crippen LogP contribution in [0.4, 0.5) is 5.82 Å². The molecule has 2 heterocycles. The van der Waals surface area contributed by atoms with Crippen molar-refractivity contribution in [3.8, 4) is 6.57 Å². The summed E-state index contributed by atoms with van der Waals surface area (Å²) in [4.78, 5) is 18.9. The molecule has 8 heteroatoms. The van der Waals surface area contributed by atoms with Crippen LogP contribution >= 0.6 is 22.6 Å². The number of ether oxygens (including phenoxy) is 1. The van der Waals surface area contributed by atoms with Crippen molar-refractivity contribution in [3.63, 3.8) is 0 Å². The molecule has 0 radical (unpaired) electrons. The molecule has 0 aliphatic carbocycles. The van der Waals surface area contributed by atoms with Crippen molar-refractivity contribution in [2.45, 2.75) is 24.5 Å². The van der Waals surface area contributed by atoms with Gasteiger partial charge in [0.1, 0.15) is 11.9 Å². The first-order valence-corrected chi connectivity index (χ1v) is 6.75. The molecule has 0 bridgehead atoms. The van der Waals surface area contributed by atoms with E-state index in [-0.39, 0.29) is 5.82 Å². The van der Waals surface area contributed by atoms with Crippen molar-refractivity contribution >= 4 is 28.4 Å². The lowest BCUT2D eigenvalue weighted by Crippen LogP contribution is -2.34. The van der Waals surface area contributed by atoms with E-state index in [1.54, 1.807) is 0 Å². The summed E-state index contributed by atoms with van der Waals surface area (Å²) < 4.78 is 7.38. The molecular formula is C10H12IN4O3+. The molecule has 1 fully saturated rings. The summed E-state index contributed by atoms with van der Waals surface area (Å²) in [5.41, 5.74) is 4.85. The van der Waals surface area contributed by atoms with Gasteiger partial charge in [-0.05, 0) is 6.07 Å². The van der Waals surface area contributed by atoms with Gasteiger partial charge in [0, 0.05) is 10.6 Å². The van der Waals surface area contributed by atoms with E-state index in [0.717, 1.165) is 0 Å². The first-order valence-electron chi connectivity index (χ1n) is 5.22. The number of halogens is 1. The van der Waals surface area contributed by atoms with E-state index in [9.17, 15) is 9.90 Å². The molecule has 7 nitrogen and oxygen atoms in total. The normalized spacial score (nSPS) is 31.2. The SMILES string of the molecule is C#[N+]C1C(O)[C@@H](CI)O[C@H]1n1ccc(N)nc1=O. The van der Waals surface area contributed by atoms with Gasteiger partial charge in [0.25, 0.3) is 6.57 Å². The van der Waals surface area contributed by atoms with Gasteiger partial charge in [-0.15, -0.1) is 0 Å². The Hall–Kier alpha value is -1.18. The first kappa shape index (κ1) is 13.3. The van der Waals surface area contributed by atoms with Crippen molar-refractivity contribution in [2.24, 2.45) is 0 Å². The second kappa shape index (κ2) is 5.21. The Morgan fingerprint density at radius 2 is 2.44 bits per heavy atom. The van der Waals surface area contributed by atoms with Crippen LogP contribution in [0, 0.1) is 6.57 Å². The number of anilines is 1. The topological polar surface area (TPSA) is 94.7 Å². The third kappa shape index (κ3) is 2.21. The molecule has 1 aromatic heterocycles. The summed E-state index contributed by atoms with van der Waals surface area (Å²) in [6, 6.07) is 0.773. The molecule has 3 N–H and O–H groups in total. The Labute approximate surface area is 117 Å². The Morgan fingerprint density at radius 1 is 1.72 bits per heavy atom. The number of aromatic nitrogens is 2. The van der Waals surface area contributed by atoms with Crippen LogP contribution in [-0.4, -0.2) is 37.3 Å². The van der Waals surface area contributed by atoms with Crippen molar-refractivity contribution in [1.82, 2.24) is 9.55 Å². The van der Waals surface area contributed by atoms with Gasteiger partial charge in [-0.3, -0.25) is 4.57 Å². The lowest BCUT2D eigenvalue weighted by atomic mass is 10.1. The second-order valence-electron chi connectivity index (χ2n) is 3.89. The van der Waals surface area contributed by atoms with Gasteiger partial charge in [0.05, 0.1) is 0 Å². The molecule has 2 rings (SSSR count). The van der Waals surface area contributed by atoms with Crippen molar-refractivity contribution in [2.75, 3.05) is 10.2 Å². The molecule has 1 aliphatic heterocycles. The fourth-order valence-electron chi connectivity index (χ4n) is 1.87. The van der Waals surface area contributed by atoms with Crippen molar-refractivity contribution < 1.29 is 9.84 Å². The Balaban J connectivity index is 2.39. The lowest BCUT2D eigenvalue weighted by Gasteiger charge is -2.12. The van der Waals surface area contributed by atoms with Crippen LogP contribution in [0.15, 0.2) is 17.1 Å². The van der Waals surface area contributed by atoms with Crippen molar-refractivity contribution in [1.29, 1.82) is 0 Å². The largest absolute Gasteiger partial charge is 0.383 e. The summed E-state index contributed by atoms with van der Waals surface area (Å²) >= 11 is 2.08. The molecule has 1 aliphatic rings. The molecule has 0 aromatic carbocycles. The van der Waals surface area contributed by atoms with Crippen molar-refractivity contribution in [3.05, 3.63) is 27.6 Å². The molecule has 0 amide bonds. The van der Waals surface area contributed by atoms with Gasteiger partial charge < -0.3 is 15.6 Å². The molecule has 2 unspecified atom stereocenters. The summed E-state index contributed by atoms with van der Waals surface area (Å²) in [6.45, 7) is 5.27. The third-order valence-electron chi connectivity index (χ3n) is 2.79. The highest BCUT2D eigenvalue weighted by molar-refractivity contribution is 14.1. The number of hydrogen-bond acceptors (Lipinski definition) is 5. The second-order valence-corrected chi connectivity index (χ2v) is 4.77. The fraction of sp³-hybridized carbons (Fsp3) is 0.500. The zero-order chi connectivity index (χ0) is 13.3. The summed E-state index contributed by atoms with van der Waals surface area (Å²) in [7, 11) is 0. The van der Waals surface area contributed by atoms with E-state index >= 15 is 0 Å². The minimum absolute atomic E-state index is 0.126. The number of nitrogens with two attached hydrogens (primary N) is 1.